The number of rotatable bonds is 7. The molecule has 2 aliphatic rings. The lowest BCUT2D eigenvalue weighted by Crippen LogP contribution is -2.44. The SMILES string of the molecule is COc1ccc(N2C[C@@H](C(=O)O[C@@H](C)C(=O)N(C)C3CCCCC3)CC2=O)c(OC)c1. The first kappa shape index (κ1) is 22.9. The molecule has 0 N–H and O–H groups in total. The molecule has 0 bridgehead atoms. The van der Waals surface area contributed by atoms with Gasteiger partial charge in [0.2, 0.25) is 5.91 Å². The van der Waals surface area contributed by atoms with Crippen molar-refractivity contribution < 1.29 is 28.6 Å². The summed E-state index contributed by atoms with van der Waals surface area (Å²) >= 11 is 0. The predicted molar refractivity (Wildman–Crippen MR) is 115 cm³/mol. The van der Waals surface area contributed by atoms with Crippen molar-refractivity contribution in [1.82, 2.24) is 4.90 Å². The predicted octanol–water partition coefficient (Wildman–Crippen LogP) is 2.78. The van der Waals surface area contributed by atoms with Gasteiger partial charge in [0.1, 0.15) is 11.5 Å². The first-order chi connectivity index (χ1) is 14.8. The maximum absolute atomic E-state index is 12.7. The number of amides is 2. The minimum Gasteiger partial charge on any atom is -0.497 e. The number of ether oxygens (including phenoxy) is 3. The van der Waals surface area contributed by atoms with Gasteiger partial charge in [-0.15, -0.1) is 0 Å². The average Bonchev–Trinajstić information content (AvgIpc) is 3.19. The van der Waals surface area contributed by atoms with E-state index in [1.165, 1.54) is 18.4 Å². The lowest BCUT2D eigenvalue weighted by Gasteiger charge is -2.32. The van der Waals surface area contributed by atoms with Crippen LogP contribution in [0.3, 0.4) is 0 Å². The van der Waals surface area contributed by atoms with Crippen LogP contribution in [0.25, 0.3) is 0 Å². The highest BCUT2D eigenvalue weighted by atomic mass is 16.5. The van der Waals surface area contributed by atoms with E-state index in [4.69, 9.17) is 14.2 Å². The number of carbonyl (C=O) groups excluding carboxylic acids is 3. The first-order valence-corrected chi connectivity index (χ1v) is 10.8. The Morgan fingerprint density at radius 1 is 1.13 bits per heavy atom. The summed E-state index contributed by atoms with van der Waals surface area (Å²) in [4.78, 5) is 41.3. The summed E-state index contributed by atoms with van der Waals surface area (Å²) in [5.41, 5.74) is 0.574. The largest absolute Gasteiger partial charge is 0.497 e. The molecule has 1 aromatic carbocycles. The highest BCUT2D eigenvalue weighted by molar-refractivity contribution is 6.01. The van der Waals surface area contributed by atoms with Gasteiger partial charge >= 0.3 is 5.97 Å². The summed E-state index contributed by atoms with van der Waals surface area (Å²) in [6.07, 6.45) is 4.56. The lowest BCUT2D eigenvalue weighted by molar-refractivity contribution is -0.162. The average molecular weight is 433 g/mol. The van der Waals surface area contributed by atoms with Crippen LogP contribution in [-0.4, -0.2) is 62.6 Å². The Morgan fingerprint density at radius 3 is 2.48 bits per heavy atom. The Labute approximate surface area is 183 Å². The zero-order valence-corrected chi connectivity index (χ0v) is 18.8. The standard InChI is InChI=1S/C23H32N2O6/c1-15(22(27)24(2)17-8-6-5-7-9-17)31-23(28)16-12-21(26)25(14-16)19-11-10-18(29-3)13-20(19)30-4/h10-11,13,15-17H,5-9,12,14H2,1-4H3/t15-,16-/m0/s1. The van der Waals surface area contributed by atoms with Crippen LogP contribution < -0.4 is 14.4 Å². The molecule has 1 saturated heterocycles. The molecular weight excluding hydrogens is 400 g/mol. The Morgan fingerprint density at radius 2 is 1.84 bits per heavy atom. The molecule has 1 aliphatic heterocycles. The Balaban J connectivity index is 1.61. The number of methoxy groups -OCH3 is 2. The van der Waals surface area contributed by atoms with E-state index in [1.54, 1.807) is 44.2 Å². The van der Waals surface area contributed by atoms with E-state index in [2.05, 4.69) is 0 Å². The molecule has 0 radical (unpaired) electrons. The number of anilines is 1. The van der Waals surface area contributed by atoms with Crippen LogP contribution in [0, 0.1) is 5.92 Å². The molecule has 8 heteroatoms. The van der Waals surface area contributed by atoms with E-state index >= 15 is 0 Å². The van der Waals surface area contributed by atoms with Gasteiger partial charge in [-0.3, -0.25) is 14.4 Å². The van der Waals surface area contributed by atoms with Crippen molar-refractivity contribution in [3.05, 3.63) is 18.2 Å². The van der Waals surface area contributed by atoms with Crippen LogP contribution in [0.1, 0.15) is 45.4 Å². The van der Waals surface area contributed by atoms with Gasteiger partial charge in [0, 0.05) is 32.1 Å². The number of hydrogen-bond donors (Lipinski definition) is 0. The van der Waals surface area contributed by atoms with E-state index in [1.807, 2.05) is 0 Å². The van der Waals surface area contributed by atoms with Crippen molar-refractivity contribution in [3.63, 3.8) is 0 Å². The lowest BCUT2D eigenvalue weighted by atomic mass is 9.94. The number of esters is 1. The molecule has 1 aromatic rings. The van der Waals surface area contributed by atoms with Crippen molar-refractivity contribution >= 4 is 23.5 Å². The summed E-state index contributed by atoms with van der Waals surface area (Å²) in [6, 6.07) is 5.36. The smallest absolute Gasteiger partial charge is 0.312 e. The zero-order chi connectivity index (χ0) is 22.5. The summed E-state index contributed by atoms with van der Waals surface area (Å²) in [6.45, 7) is 1.78. The topological polar surface area (TPSA) is 85.4 Å². The minimum atomic E-state index is -0.876. The Hall–Kier alpha value is -2.77. The van der Waals surface area contributed by atoms with E-state index in [9.17, 15) is 14.4 Å². The van der Waals surface area contributed by atoms with Crippen molar-refractivity contribution in [2.45, 2.75) is 57.6 Å². The van der Waals surface area contributed by atoms with Gasteiger partial charge in [-0.1, -0.05) is 19.3 Å². The molecule has 1 heterocycles. The number of benzene rings is 1. The van der Waals surface area contributed by atoms with Gasteiger partial charge in [0.25, 0.3) is 5.91 Å². The highest BCUT2D eigenvalue weighted by Crippen LogP contribution is 2.36. The number of nitrogens with zero attached hydrogens (tertiary/aromatic N) is 2. The van der Waals surface area contributed by atoms with Gasteiger partial charge in [-0.2, -0.15) is 0 Å². The molecule has 0 unspecified atom stereocenters. The summed E-state index contributed by atoms with van der Waals surface area (Å²) in [5.74, 6) is -0.449. The second-order valence-electron chi connectivity index (χ2n) is 8.26. The molecule has 2 atom stereocenters. The molecule has 2 amide bonds. The second-order valence-corrected chi connectivity index (χ2v) is 8.26. The van der Waals surface area contributed by atoms with E-state index in [0.717, 1.165) is 25.7 Å². The quantitative estimate of drug-likeness (QED) is 0.616. The van der Waals surface area contributed by atoms with Gasteiger partial charge < -0.3 is 24.0 Å². The van der Waals surface area contributed by atoms with Crippen LogP contribution in [0.4, 0.5) is 5.69 Å². The van der Waals surface area contributed by atoms with Gasteiger partial charge in [-0.05, 0) is 31.9 Å². The minimum absolute atomic E-state index is 0.0351. The molecule has 0 aromatic heterocycles. The van der Waals surface area contributed by atoms with Crippen LogP contribution in [0.5, 0.6) is 11.5 Å². The maximum Gasteiger partial charge on any atom is 0.312 e. The molecule has 2 fully saturated rings. The van der Waals surface area contributed by atoms with Gasteiger partial charge in [-0.25, -0.2) is 0 Å². The molecule has 170 valence electrons. The zero-order valence-electron chi connectivity index (χ0n) is 18.8. The third-order valence-electron chi connectivity index (χ3n) is 6.25. The normalized spacial score (nSPS) is 20.3. The molecule has 1 aliphatic carbocycles. The molecule has 8 nitrogen and oxygen atoms in total. The summed E-state index contributed by atoms with van der Waals surface area (Å²) < 4.78 is 16.1. The van der Waals surface area contributed by atoms with E-state index in [0.29, 0.717) is 17.2 Å². The second kappa shape index (κ2) is 10.0. The summed E-state index contributed by atoms with van der Waals surface area (Å²) in [7, 11) is 4.84. The Kier molecular flexibility index (Phi) is 7.41. The third kappa shape index (κ3) is 5.11. The highest BCUT2D eigenvalue weighted by Gasteiger charge is 2.39. The van der Waals surface area contributed by atoms with Crippen LogP contribution in [0.15, 0.2) is 18.2 Å². The molecular formula is C23H32N2O6. The molecule has 31 heavy (non-hydrogen) atoms. The molecule has 1 saturated carbocycles. The number of likely N-dealkylation sites (N-methyl/N-ethyl adjacent to an activating group) is 1. The van der Waals surface area contributed by atoms with Crippen molar-refractivity contribution in [2.24, 2.45) is 5.92 Å². The van der Waals surface area contributed by atoms with Crippen LogP contribution in [-0.2, 0) is 19.1 Å². The maximum atomic E-state index is 12.7. The van der Waals surface area contributed by atoms with E-state index in [-0.39, 0.29) is 30.8 Å². The Bertz CT molecular complexity index is 820. The fraction of sp³-hybridized carbons (Fsp3) is 0.609. The molecule has 0 spiro atoms. The van der Waals surface area contributed by atoms with Gasteiger partial charge in [0.05, 0.1) is 25.8 Å². The van der Waals surface area contributed by atoms with Crippen LogP contribution >= 0.6 is 0 Å². The van der Waals surface area contributed by atoms with Crippen molar-refractivity contribution in [1.29, 1.82) is 0 Å². The van der Waals surface area contributed by atoms with Crippen LogP contribution in [0.2, 0.25) is 0 Å². The molecule has 3 rings (SSSR count). The summed E-state index contributed by atoms with van der Waals surface area (Å²) in [5, 5.41) is 0. The third-order valence-corrected chi connectivity index (χ3v) is 6.25. The van der Waals surface area contributed by atoms with E-state index < -0.39 is 18.0 Å². The van der Waals surface area contributed by atoms with Gasteiger partial charge in [0.15, 0.2) is 6.10 Å². The first-order valence-electron chi connectivity index (χ1n) is 10.8. The van der Waals surface area contributed by atoms with Crippen molar-refractivity contribution in [2.75, 3.05) is 32.7 Å². The monoisotopic (exact) mass is 432 g/mol. The number of carbonyl (C=O) groups is 3. The number of hydrogen-bond acceptors (Lipinski definition) is 6. The van der Waals surface area contributed by atoms with Crippen molar-refractivity contribution in [3.8, 4) is 11.5 Å². The fourth-order valence-corrected chi connectivity index (χ4v) is 4.36. The fourth-order valence-electron chi connectivity index (χ4n) is 4.36.